The fraction of sp³-hybridized carbons (Fsp3) is 0.643. The second-order valence-corrected chi connectivity index (χ2v) is 6.87. The van der Waals surface area contributed by atoms with Crippen molar-refractivity contribution >= 4 is 19.1 Å². The molecule has 0 aliphatic rings. The Balaban J connectivity index is -0.000000107. The molecule has 0 aromatic heterocycles. The molecular weight excluding hydrogens is 518 g/mol. The monoisotopic (exact) mass is 549 g/mol. The quantitative estimate of drug-likeness (QED) is 0.395. The predicted octanol–water partition coefficient (Wildman–Crippen LogP) is 4.49. The molecule has 0 atom stereocenters. The van der Waals surface area contributed by atoms with E-state index in [9.17, 15) is 10.5 Å². The van der Waals surface area contributed by atoms with Crippen molar-refractivity contribution in [3.63, 3.8) is 0 Å². The second kappa shape index (κ2) is 23.7. The van der Waals surface area contributed by atoms with Crippen molar-refractivity contribution < 1.29 is 36.3 Å². The molecule has 0 aliphatic heterocycles. The van der Waals surface area contributed by atoms with Gasteiger partial charge in [-0.15, -0.1) is 0 Å². The topological polar surface area (TPSA) is 42.3 Å². The molecule has 0 heterocycles. The summed E-state index contributed by atoms with van der Waals surface area (Å²) in [7, 11) is 5.42. The van der Waals surface area contributed by atoms with Gasteiger partial charge in [0.25, 0.3) is 0 Å². The van der Waals surface area contributed by atoms with E-state index in [0.29, 0.717) is 0 Å². The third-order valence-corrected chi connectivity index (χ3v) is 4.01. The molecule has 0 saturated heterocycles. The molecular formula is C14H28F3GeHfN3. The van der Waals surface area contributed by atoms with Gasteiger partial charge in [-0.25, -0.2) is 0 Å². The van der Waals surface area contributed by atoms with Gasteiger partial charge >= 0.3 is 79.7 Å². The number of hydrogen-bond acceptors (Lipinski definition) is 0. The minimum Gasteiger partial charge on any atom is 4.00 e. The smallest absolute Gasteiger partial charge is 4.00 e. The van der Waals surface area contributed by atoms with Crippen molar-refractivity contribution in [1.29, 1.82) is 0 Å². The molecule has 0 bridgehead atoms. The summed E-state index contributed by atoms with van der Waals surface area (Å²) in [5.74, 6) is 0. The summed E-state index contributed by atoms with van der Waals surface area (Å²) >= 11 is -5.94. The Kier molecular flexibility index (Phi) is 32.7. The first-order chi connectivity index (χ1) is 9.85. The zero-order chi connectivity index (χ0) is 17.1. The average molecular weight is 546 g/mol. The van der Waals surface area contributed by atoms with Gasteiger partial charge < -0.3 is 16.0 Å². The van der Waals surface area contributed by atoms with E-state index in [2.05, 4.69) is 16.0 Å². The summed E-state index contributed by atoms with van der Waals surface area (Å²) in [6.07, 6.45) is 0. The van der Waals surface area contributed by atoms with E-state index in [1.54, 1.807) is 21.1 Å². The fourth-order valence-corrected chi connectivity index (χ4v) is 1.76. The number of hydrogen-bond donors (Lipinski definition) is 0. The van der Waals surface area contributed by atoms with Crippen LogP contribution in [-0.2, 0) is 25.8 Å². The van der Waals surface area contributed by atoms with Crippen molar-refractivity contribution in [2.45, 2.75) is 20.8 Å². The molecule has 8 heteroatoms. The molecule has 0 saturated carbocycles. The summed E-state index contributed by atoms with van der Waals surface area (Å²) in [6, 6.07) is 5.07. The van der Waals surface area contributed by atoms with Crippen LogP contribution in [0.4, 0.5) is 10.5 Å². The van der Waals surface area contributed by atoms with Crippen molar-refractivity contribution in [2.75, 3.05) is 40.8 Å². The van der Waals surface area contributed by atoms with E-state index >= 15 is 0 Å². The van der Waals surface area contributed by atoms with Crippen LogP contribution < -0.4 is 4.40 Å². The summed E-state index contributed by atoms with van der Waals surface area (Å²) in [4.78, 5) is 0. The van der Waals surface area contributed by atoms with Crippen LogP contribution in [0, 0.1) is 0 Å². The van der Waals surface area contributed by atoms with Crippen LogP contribution in [-0.4, -0.2) is 55.4 Å². The van der Waals surface area contributed by atoms with Gasteiger partial charge in [-0.2, -0.15) is 40.8 Å². The Morgan fingerprint density at radius 3 is 1.09 bits per heavy atom. The molecule has 0 amide bonds. The van der Waals surface area contributed by atoms with Crippen molar-refractivity contribution in [2.24, 2.45) is 0 Å². The van der Waals surface area contributed by atoms with Crippen LogP contribution >= 0.6 is 0 Å². The Labute approximate surface area is 156 Å². The minimum absolute atomic E-state index is 0. The van der Waals surface area contributed by atoms with Crippen LogP contribution in [0.25, 0.3) is 16.0 Å². The van der Waals surface area contributed by atoms with Crippen molar-refractivity contribution in [3.8, 4) is 0 Å². The van der Waals surface area contributed by atoms with Crippen LogP contribution in [0.15, 0.2) is 24.3 Å². The Bertz CT molecular complexity index is 255. The van der Waals surface area contributed by atoms with Gasteiger partial charge in [0.1, 0.15) is 0 Å². The van der Waals surface area contributed by atoms with E-state index in [0.717, 1.165) is 31.8 Å². The normalized spacial score (nSPS) is 8.95. The third kappa shape index (κ3) is 28.6. The largest absolute Gasteiger partial charge is 4.00 e. The molecule has 0 unspecified atom stereocenters. The summed E-state index contributed by atoms with van der Waals surface area (Å²) in [5, 5.41) is 11.2. The maximum atomic E-state index is 11.8. The summed E-state index contributed by atoms with van der Waals surface area (Å²) in [5.41, 5.74) is 0. The first-order valence-electron chi connectivity index (χ1n) is 6.81. The molecule has 128 valence electrons. The summed E-state index contributed by atoms with van der Waals surface area (Å²) < 4.78 is 35.0. The molecule has 1 rings (SSSR count). The first kappa shape index (κ1) is 30.3. The van der Waals surface area contributed by atoms with Gasteiger partial charge in [-0.05, 0) is 0 Å². The van der Waals surface area contributed by atoms with Crippen molar-refractivity contribution in [1.82, 2.24) is 0 Å². The molecule has 1 aromatic carbocycles. The van der Waals surface area contributed by atoms with Gasteiger partial charge in [-0.1, -0.05) is 20.8 Å². The molecule has 0 aliphatic carbocycles. The molecule has 22 heavy (non-hydrogen) atoms. The standard InChI is InChI=1S/C5H4F3Ge.3C3H8N.Hf/c6-9(7,8)5-3-1-2-4-5;3*1-3-4-2;/h1-4H;3*3H2,1-2H3;/q4*-1;+4. The minimum atomic E-state index is -5.94. The first-order valence-corrected chi connectivity index (χ1v) is 10.2. The number of halogens is 3. The van der Waals surface area contributed by atoms with Gasteiger partial charge in [0, 0.05) is 0 Å². The van der Waals surface area contributed by atoms with Crippen LogP contribution in [0.5, 0.6) is 0 Å². The molecule has 1 aromatic rings. The van der Waals surface area contributed by atoms with Gasteiger partial charge in [0.2, 0.25) is 0 Å². The molecule has 0 N–H and O–H groups in total. The maximum absolute atomic E-state index is 11.8. The van der Waals surface area contributed by atoms with Gasteiger partial charge in [0.05, 0.1) is 0 Å². The SMILES string of the molecule is CC[N-]C.CC[N-]C.CC[N-]C.[F][Ge]([F])([F])[c-]1cccc1.[Hf+4]. The average Bonchev–Trinajstić information content (AvgIpc) is 3.02. The summed E-state index contributed by atoms with van der Waals surface area (Å²) in [6.45, 7) is 8.88. The molecule has 0 spiro atoms. The number of rotatable bonds is 4. The zero-order valence-electron chi connectivity index (χ0n) is 14.4. The Hall–Kier alpha value is 0.433. The Morgan fingerprint density at radius 2 is 1.00 bits per heavy atom. The second-order valence-electron chi connectivity index (χ2n) is 3.57. The third-order valence-electron chi connectivity index (χ3n) is 1.94. The van der Waals surface area contributed by atoms with Crippen molar-refractivity contribution in [3.05, 3.63) is 40.2 Å². The van der Waals surface area contributed by atoms with E-state index in [1.165, 1.54) is 12.1 Å². The number of nitrogens with zero attached hydrogens (tertiary/aromatic N) is 3. The van der Waals surface area contributed by atoms with Crippen LogP contribution in [0.2, 0.25) is 0 Å². The van der Waals surface area contributed by atoms with Gasteiger partial charge in [-0.3, -0.25) is 0 Å². The van der Waals surface area contributed by atoms with E-state index in [-0.39, 0.29) is 25.8 Å². The van der Waals surface area contributed by atoms with Crippen LogP contribution in [0.1, 0.15) is 20.8 Å². The van der Waals surface area contributed by atoms with E-state index in [4.69, 9.17) is 0 Å². The maximum Gasteiger partial charge on any atom is 4.00 e. The van der Waals surface area contributed by atoms with E-state index < -0.39 is 19.1 Å². The fourth-order valence-electron chi connectivity index (χ4n) is 0.563. The molecule has 0 radical (unpaired) electrons. The molecule has 0 fully saturated rings. The van der Waals surface area contributed by atoms with Crippen LogP contribution in [0.3, 0.4) is 0 Å². The Morgan fingerprint density at radius 1 is 0.773 bits per heavy atom. The molecule has 3 nitrogen and oxygen atoms in total. The van der Waals surface area contributed by atoms with E-state index in [1.807, 2.05) is 20.8 Å². The zero-order valence-corrected chi connectivity index (χ0v) is 20.1. The predicted molar refractivity (Wildman–Crippen MR) is 90.2 cm³/mol. The van der Waals surface area contributed by atoms with Gasteiger partial charge in [0.15, 0.2) is 0 Å².